The van der Waals surface area contributed by atoms with Crippen molar-refractivity contribution in [2.75, 3.05) is 18.6 Å². The minimum absolute atomic E-state index is 0.0164. The molecule has 0 spiro atoms. The van der Waals surface area contributed by atoms with Crippen LogP contribution in [-0.2, 0) is 9.84 Å². The molecule has 0 aliphatic heterocycles. The minimum atomic E-state index is -2.92. The summed E-state index contributed by atoms with van der Waals surface area (Å²) in [6.07, 6.45) is 4.60. The van der Waals surface area contributed by atoms with E-state index in [9.17, 15) is 8.42 Å². The van der Waals surface area contributed by atoms with Crippen LogP contribution in [0.25, 0.3) is 0 Å². The van der Waals surface area contributed by atoms with Crippen molar-refractivity contribution >= 4 is 9.84 Å². The second-order valence-electron chi connectivity index (χ2n) is 6.43. The first-order valence-corrected chi connectivity index (χ1v) is 8.44. The first kappa shape index (κ1) is 15.0. The fraction of sp³-hybridized carbons (Fsp3) is 1.00. The lowest BCUT2D eigenvalue weighted by atomic mass is 9.88. The Balaban J connectivity index is 2.58. The summed E-state index contributed by atoms with van der Waals surface area (Å²) in [4.78, 5) is 0. The Morgan fingerprint density at radius 2 is 1.76 bits per heavy atom. The fourth-order valence-corrected chi connectivity index (χ4v) is 4.99. The third kappa shape index (κ3) is 4.96. The molecular weight excluding hydrogens is 234 g/mol. The molecule has 1 saturated carbocycles. The molecule has 102 valence electrons. The van der Waals surface area contributed by atoms with Gasteiger partial charge in [0.1, 0.15) is 0 Å². The maximum Gasteiger partial charge on any atom is 0.152 e. The summed E-state index contributed by atoms with van der Waals surface area (Å²) >= 11 is 0. The topological polar surface area (TPSA) is 46.2 Å². The summed E-state index contributed by atoms with van der Waals surface area (Å²) in [5.74, 6) is 1.07. The lowest BCUT2D eigenvalue weighted by molar-refractivity contribution is 0.302. The number of rotatable bonds is 5. The average molecular weight is 261 g/mol. The van der Waals surface area contributed by atoms with E-state index < -0.39 is 9.84 Å². The Labute approximate surface area is 106 Å². The molecule has 0 amide bonds. The van der Waals surface area contributed by atoms with Crippen LogP contribution in [0.2, 0.25) is 0 Å². The normalized spacial score (nSPS) is 20.7. The van der Waals surface area contributed by atoms with Gasteiger partial charge in [0.2, 0.25) is 0 Å². The summed E-state index contributed by atoms with van der Waals surface area (Å²) in [5.41, 5.74) is -0.0164. The van der Waals surface area contributed by atoms with Gasteiger partial charge in [-0.25, -0.2) is 8.42 Å². The minimum Gasteiger partial charge on any atom is -0.315 e. The third-order valence-corrected chi connectivity index (χ3v) is 5.60. The lowest BCUT2D eigenvalue weighted by Crippen LogP contribution is -2.44. The molecule has 17 heavy (non-hydrogen) atoms. The smallest absolute Gasteiger partial charge is 0.152 e. The standard InChI is InChI=1S/C13H27NO2S/c1-13(2,3)12(14-4)10-17(15,16)9-11-7-5-6-8-11/h11-12,14H,5-10H2,1-4H3. The van der Waals surface area contributed by atoms with Crippen molar-refractivity contribution < 1.29 is 8.42 Å². The van der Waals surface area contributed by atoms with Crippen LogP contribution in [0.5, 0.6) is 0 Å². The van der Waals surface area contributed by atoms with Crippen LogP contribution in [0.1, 0.15) is 46.5 Å². The van der Waals surface area contributed by atoms with Crippen molar-refractivity contribution in [1.29, 1.82) is 0 Å². The largest absolute Gasteiger partial charge is 0.315 e. The van der Waals surface area contributed by atoms with Crippen LogP contribution < -0.4 is 5.32 Å². The van der Waals surface area contributed by atoms with Gasteiger partial charge in [-0.3, -0.25) is 0 Å². The first-order chi connectivity index (χ1) is 7.74. The second kappa shape index (κ2) is 5.70. The van der Waals surface area contributed by atoms with Gasteiger partial charge in [0.15, 0.2) is 9.84 Å². The Hall–Kier alpha value is -0.0900. The van der Waals surface area contributed by atoms with E-state index in [1.807, 2.05) is 7.05 Å². The zero-order chi connectivity index (χ0) is 13.1. The number of hydrogen-bond acceptors (Lipinski definition) is 3. The molecule has 0 radical (unpaired) electrons. The predicted molar refractivity (Wildman–Crippen MR) is 72.9 cm³/mol. The highest BCUT2D eigenvalue weighted by Gasteiger charge is 2.30. The molecule has 4 heteroatoms. The fourth-order valence-electron chi connectivity index (χ4n) is 2.62. The van der Waals surface area contributed by atoms with Gasteiger partial charge >= 0.3 is 0 Å². The Kier molecular flexibility index (Phi) is 5.02. The van der Waals surface area contributed by atoms with E-state index in [0.29, 0.717) is 11.7 Å². The molecule has 1 aliphatic carbocycles. The second-order valence-corrected chi connectivity index (χ2v) is 8.59. The van der Waals surface area contributed by atoms with Crippen LogP contribution in [0, 0.1) is 11.3 Å². The van der Waals surface area contributed by atoms with Gasteiger partial charge in [-0.15, -0.1) is 0 Å². The van der Waals surface area contributed by atoms with Gasteiger partial charge in [-0.1, -0.05) is 33.6 Å². The summed E-state index contributed by atoms with van der Waals surface area (Å²) in [5, 5.41) is 3.14. The van der Waals surface area contributed by atoms with Gasteiger partial charge in [-0.05, 0) is 31.2 Å². The highest BCUT2D eigenvalue weighted by Crippen LogP contribution is 2.27. The van der Waals surface area contributed by atoms with Gasteiger partial charge in [0.25, 0.3) is 0 Å². The van der Waals surface area contributed by atoms with Crippen LogP contribution in [0.3, 0.4) is 0 Å². The molecule has 1 atom stereocenters. The number of nitrogens with one attached hydrogen (secondary N) is 1. The third-order valence-electron chi connectivity index (χ3n) is 3.78. The number of sulfone groups is 1. The zero-order valence-electron chi connectivity index (χ0n) is 11.6. The molecule has 1 fully saturated rings. The molecule has 0 aromatic rings. The van der Waals surface area contributed by atoms with E-state index >= 15 is 0 Å². The van der Waals surface area contributed by atoms with Crippen molar-refractivity contribution in [3.8, 4) is 0 Å². The first-order valence-electron chi connectivity index (χ1n) is 6.62. The van der Waals surface area contributed by atoms with Crippen molar-refractivity contribution in [3.63, 3.8) is 0 Å². The summed E-state index contributed by atoms with van der Waals surface area (Å²) in [7, 11) is -1.07. The molecule has 1 N–H and O–H groups in total. The van der Waals surface area contributed by atoms with E-state index in [2.05, 4.69) is 26.1 Å². The summed E-state index contributed by atoms with van der Waals surface area (Å²) in [6, 6.07) is 0.0360. The molecule has 0 saturated heterocycles. The molecule has 1 unspecified atom stereocenters. The highest BCUT2D eigenvalue weighted by atomic mass is 32.2. The van der Waals surface area contributed by atoms with E-state index in [0.717, 1.165) is 12.8 Å². The van der Waals surface area contributed by atoms with E-state index in [4.69, 9.17) is 0 Å². The van der Waals surface area contributed by atoms with Crippen LogP contribution in [0.4, 0.5) is 0 Å². The van der Waals surface area contributed by atoms with Crippen LogP contribution >= 0.6 is 0 Å². The van der Waals surface area contributed by atoms with Crippen molar-refractivity contribution in [3.05, 3.63) is 0 Å². The molecule has 1 rings (SSSR count). The van der Waals surface area contributed by atoms with Crippen LogP contribution in [0.15, 0.2) is 0 Å². The van der Waals surface area contributed by atoms with E-state index in [-0.39, 0.29) is 17.2 Å². The summed E-state index contributed by atoms with van der Waals surface area (Å²) < 4.78 is 24.3. The Morgan fingerprint density at radius 1 is 1.24 bits per heavy atom. The molecule has 3 nitrogen and oxygen atoms in total. The van der Waals surface area contributed by atoms with Crippen molar-refractivity contribution in [2.45, 2.75) is 52.5 Å². The lowest BCUT2D eigenvalue weighted by Gasteiger charge is -2.30. The average Bonchev–Trinajstić information content (AvgIpc) is 2.64. The van der Waals surface area contributed by atoms with E-state index in [1.165, 1.54) is 12.8 Å². The Bertz CT molecular complexity index is 324. The van der Waals surface area contributed by atoms with Gasteiger partial charge in [0, 0.05) is 6.04 Å². The highest BCUT2D eigenvalue weighted by molar-refractivity contribution is 7.91. The van der Waals surface area contributed by atoms with Crippen LogP contribution in [-0.4, -0.2) is 33.0 Å². The molecule has 0 aromatic heterocycles. The van der Waals surface area contributed by atoms with Crippen molar-refractivity contribution in [1.82, 2.24) is 5.32 Å². The number of hydrogen-bond donors (Lipinski definition) is 1. The zero-order valence-corrected chi connectivity index (χ0v) is 12.4. The molecule has 1 aliphatic rings. The maximum absolute atomic E-state index is 12.2. The van der Waals surface area contributed by atoms with Gasteiger partial charge < -0.3 is 5.32 Å². The molecule has 0 bridgehead atoms. The summed E-state index contributed by atoms with van der Waals surface area (Å²) in [6.45, 7) is 6.25. The molecular formula is C13H27NO2S. The monoisotopic (exact) mass is 261 g/mol. The quantitative estimate of drug-likeness (QED) is 0.825. The Morgan fingerprint density at radius 3 is 2.18 bits per heavy atom. The van der Waals surface area contributed by atoms with Gasteiger partial charge in [-0.2, -0.15) is 0 Å². The molecule has 0 aromatic carbocycles. The predicted octanol–water partition coefficient (Wildman–Crippen LogP) is 2.23. The van der Waals surface area contributed by atoms with E-state index in [1.54, 1.807) is 0 Å². The molecule has 0 heterocycles. The van der Waals surface area contributed by atoms with Crippen molar-refractivity contribution in [2.24, 2.45) is 11.3 Å². The maximum atomic E-state index is 12.2. The SMILES string of the molecule is CNC(CS(=O)(=O)CC1CCCC1)C(C)(C)C. The van der Waals surface area contributed by atoms with Gasteiger partial charge in [0.05, 0.1) is 11.5 Å².